The molecule has 500 valence electrons. The average Bonchev–Trinajstić information content (AvgIpc) is 1.50. The molecule has 108 heavy (non-hydrogen) atoms. The van der Waals surface area contributed by atoms with Crippen molar-refractivity contribution in [2.24, 2.45) is 0 Å². The first-order valence-electron chi connectivity index (χ1n) is 36.9. The van der Waals surface area contributed by atoms with Crippen molar-refractivity contribution in [2.45, 2.75) is 0 Å². The molecule has 6 heterocycles. The number of benzene rings is 18. The second kappa shape index (κ2) is 24.0. The number of para-hydroxylation sites is 4. The Bertz CT molecular complexity index is 7920. The molecule has 0 aliphatic carbocycles. The molecule has 0 unspecified atom stereocenters. The largest absolute Gasteiger partial charge is 0.292 e. The third kappa shape index (κ3) is 9.02. The molecule has 6 aromatic heterocycles. The van der Waals surface area contributed by atoms with Gasteiger partial charge in [0.2, 0.25) is 0 Å². The van der Waals surface area contributed by atoms with E-state index < -0.39 is 0 Å². The first kappa shape index (κ1) is 60.8. The Labute approximate surface area is 627 Å². The van der Waals surface area contributed by atoms with Crippen LogP contribution >= 0.6 is 22.7 Å². The predicted octanol–water partition coefficient (Wildman–Crippen LogP) is 29.0. The van der Waals surface area contributed by atoms with Crippen LogP contribution in [0.1, 0.15) is 0 Å². The lowest BCUT2D eigenvalue weighted by molar-refractivity contribution is 1.11. The third-order valence-corrected chi connectivity index (χ3v) is 25.0. The molecular weight excluding hydrogens is 1350 g/mol. The van der Waals surface area contributed by atoms with Crippen LogP contribution in [0.15, 0.2) is 364 Å². The van der Waals surface area contributed by atoms with Gasteiger partial charge in [-0.1, -0.05) is 309 Å². The lowest BCUT2D eigenvalue weighted by Crippen LogP contribution is -1.99. The van der Waals surface area contributed by atoms with E-state index in [0.717, 1.165) is 44.5 Å². The highest BCUT2D eigenvalue weighted by Gasteiger charge is 2.29. The van der Waals surface area contributed by atoms with Gasteiger partial charge >= 0.3 is 0 Å². The molecule has 0 saturated heterocycles. The Morgan fingerprint density at radius 3 is 0.944 bits per heavy atom. The molecule has 6 heteroatoms. The number of pyridine rings is 2. The maximum atomic E-state index is 5.51. The Morgan fingerprint density at radius 2 is 0.500 bits per heavy atom. The number of nitrogens with zero attached hydrogens (tertiary/aromatic N) is 4. The minimum atomic E-state index is 0.920. The molecule has 0 aliphatic rings. The minimum absolute atomic E-state index is 0.920. The summed E-state index contributed by atoms with van der Waals surface area (Å²) in [4.78, 5) is 11.0. The van der Waals surface area contributed by atoms with E-state index in [1.165, 1.54) is 182 Å². The molecule has 0 amide bonds. The van der Waals surface area contributed by atoms with Gasteiger partial charge in [-0.2, -0.15) is 0 Å². The molecule has 0 atom stereocenters. The quantitative estimate of drug-likeness (QED) is 0.156. The van der Waals surface area contributed by atoms with Gasteiger partial charge in [-0.05, 0) is 142 Å². The van der Waals surface area contributed by atoms with Gasteiger partial charge in [0, 0.05) is 84.8 Å². The molecule has 0 fully saturated rings. The maximum absolute atomic E-state index is 5.51. The van der Waals surface area contributed by atoms with E-state index in [1.54, 1.807) is 0 Å². The van der Waals surface area contributed by atoms with Gasteiger partial charge in [0.25, 0.3) is 0 Å². The smallest absolute Gasteiger partial charge is 0.138 e. The molecule has 0 bridgehead atoms. The summed E-state index contributed by atoms with van der Waals surface area (Å²) in [5, 5.41) is 28.1. The van der Waals surface area contributed by atoms with Crippen molar-refractivity contribution in [2.75, 3.05) is 0 Å². The molecule has 4 nitrogen and oxygen atoms in total. The van der Waals surface area contributed by atoms with Crippen molar-refractivity contribution in [1.29, 1.82) is 0 Å². The van der Waals surface area contributed by atoms with Crippen LogP contribution in [-0.4, -0.2) is 19.1 Å². The third-order valence-electron chi connectivity index (χ3n) is 22.7. The summed E-state index contributed by atoms with van der Waals surface area (Å²) in [5.41, 5.74) is 16.2. The SMILES string of the molecule is c1ccc(-c2ccc(-c3cc(-n4c5ccccc5c5c6c7ccccc7c7ccccc7c6c6c7ccccc7sc6c54)nc4ccccc34)cc2)cc1.c1ccc(-c2cccc(-c3cc(-n4c5ccccc5c5c6c7ccccc7c7ccccc7c6c6c7ccccc7sc6c54)nc4ccccc34)c2)cc1. The van der Waals surface area contributed by atoms with Gasteiger partial charge < -0.3 is 0 Å². The topological polar surface area (TPSA) is 35.6 Å². The van der Waals surface area contributed by atoms with Crippen molar-refractivity contribution >= 4 is 193 Å². The van der Waals surface area contributed by atoms with Crippen LogP contribution in [0.3, 0.4) is 0 Å². The molecule has 0 N–H and O–H groups in total. The summed E-state index contributed by atoms with van der Waals surface area (Å²) in [6.45, 7) is 0. The Balaban J connectivity index is 0.000000130. The number of hydrogen-bond acceptors (Lipinski definition) is 4. The van der Waals surface area contributed by atoms with E-state index in [4.69, 9.17) is 9.97 Å². The lowest BCUT2D eigenvalue weighted by Gasteiger charge is -2.16. The molecular formula is C102H60N4S2. The molecule has 0 radical (unpaired) electrons. The normalized spacial score (nSPS) is 12.1. The standard InChI is InChI=1S/2C51H30N2S/c1-2-15-31(16-3-1)32-17-14-18-33(29-32)41-30-45(52-42-26-11-8-21-36(41)42)53-43-27-12-9-24-39(43)48-46-37-22-6-4-19-34(37)35-20-5-7-23-38(35)47(46)49-40-25-10-13-28-44(40)54-51(49)50(48)53;1-2-14-31(15-3-1)32-26-28-33(29-27-32)41-30-45(52-42-23-11-8-18-36(41)42)53-43-24-12-9-21-39(43)48-46-37-19-6-4-16-34(37)35-17-5-7-20-38(35)47(46)49-40-22-10-13-25-44(40)54-51(49)50(48)53/h2*1-30H. The van der Waals surface area contributed by atoms with Crippen LogP contribution in [-0.2, 0) is 0 Å². The van der Waals surface area contributed by atoms with Crippen LogP contribution in [0, 0.1) is 0 Å². The molecule has 24 rings (SSSR count). The van der Waals surface area contributed by atoms with Crippen molar-refractivity contribution in [1.82, 2.24) is 19.1 Å². The lowest BCUT2D eigenvalue weighted by atomic mass is 9.89. The second-order valence-electron chi connectivity index (χ2n) is 28.4. The maximum Gasteiger partial charge on any atom is 0.138 e. The fourth-order valence-electron chi connectivity index (χ4n) is 18.1. The van der Waals surface area contributed by atoms with Crippen LogP contribution < -0.4 is 0 Å². The summed E-state index contributed by atoms with van der Waals surface area (Å²) >= 11 is 3.80. The van der Waals surface area contributed by atoms with E-state index in [0.29, 0.717) is 0 Å². The van der Waals surface area contributed by atoms with Gasteiger partial charge in [-0.25, -0.2) is 9.97 Å². The molecule has 18 aromatic carbocycles. The van der Waals surface area contributed by atoms with Crippen molar-refractivity contribution < 1.29 is 0 Å². The summed E-state index contributed by atoms with van der Waals surface area (Å²) in [5.74, 6) is 1.84. The van der Waals surface area contributed by atoms with Crippen LogP contribution in [0.4, 0.5) is 0 Å². The van der Waals surface area contributed by atoms with E-state index in [1.807, 2.05) is 22.7 Å². The Morgan fingerprint density at radius 1 is 0.194 bits per heavy atom. The van der Waals surface area contributed by atoms with Crippen molar-refractivity contribution in [3.63, 3.8) is 0 Å². The van der Waals surface area contributed by atoms with E-state index >= 15 is 0 Å². The van der Waals surface area contributed by atoms with E-state index in [9.17, 15) is 0 Å². The zero-order valence-corrected chi connectivity index (χ0v) is 59.9. The predicted molar refractivity (Wildman–Crippen MR) is 465 cm³/mol. The second-order valence-corrected chi connectivity index (χ2v) is 30.5. The van der Waals surface area contributed by atoms with Crippen LogP contribution in [0.25, 0.3) is 227 Å². The number of rotatable bonds is 6. The van der Waals surface area contributed by atoms with Gasteiger partial charge in [0.05, 0.1) is 42.5 Å². The summed E-state index contributed by atoms with van der Waals surface area (Å²) in [6, 6.07) is 133. The first-order chi connectivity index (χ1) is 53.6. The molecule has 0 aliphatic heterocycles. The average molecular weight is 1410 g/mol. The molecule has 0 spiro atoms. The number of aromatic nitrogens is 4. The Kier molecular flexibility index (Phi) is 13.5. The zero-order chi connectivity index (χ0) is 70.7. The monoisotopic (exact) mass is 1400 g/mol. The highest BCUT2D eigenvalue weighted by Crippen LogP contribution is 2.55. The fraction of sp³-hybridized carbons (Fsp3) is 0. The van der Waals surface area contributed by atoms with Gasteiger partial charge in [0.15, 0.2) is 0 Å². The molecule has 0 saturated carbocycles. The van der Waals surface area contributed by atoms with Gasteiger partial charge in [-0.15, -0.1) is 22.7 Å². The van der Waals surface area contributed by atoms with E-state index in [2.05, 4.69) is 373 Å². The summed E-state index contributed by atoms with van der Waals surface area (Å²) in [7, 11) is 0. The number of fused-ring (bicyclic) bond motifs is 32. The van der Waals surface area contributed by atoms with Crippen molar-refractivity contribution in [3.8, 4) is 56.1 Å². The summed E-state index contributed by atoms with van der Waals surface area (Å²) in [6.07, 6.45) is 0. The number of hydrogen-bond donors (Lipinski definition) is 0. The van der Waals surface area contributed by atoms with E-state index in [-0.39, 0.29) is 0 Å². The highest BCUT2D eigenvalue weighted by atomic mass is 32.1. The first-order valence-corrected chi connectivity index (χ1v) is 38.6. The number of thiophene rings is 2. The zero-order valence-electron chi connectivity index (χ0n) is 58.2. The van der Waals surface area contributed by atoms with Crippen LogP contribution in [0.2, 0.25) is 0 Å². The van der Waals surface area contributed by atoms with Gasteiger partial charge in [0.1, 0.15) is 11.6 Å². The highest BCUT2D eigenvalue weighted by molar-refractivity contribution is 7.27. The molecule has 24 aromatic rings. The minimum Gasteiger partial charge on any atom is -0.292 e. The van der Waals surface area contributed by atoms with Gasteiger partial charge in [-0.3, -0.25) is 9.13 Å². The Hall–Kier alpha value is -13.6. The fourth-order valence-corrected chi connectivity index (χ4v) is 20.6. The van der Waals surface area contributed by atoms with Crippen molar-refractivity contribution in [3.05, 3.63) is 364 Å². The van der Waals surface area contributed by atoms with Crippen LogP contribution in [0.5, 0.6) is 0 Å². The summed E-state index contributed by atoms with van der Waals surface area (Å²) < 4.78 is 10.1.